The average Bonchev–Trinajstić information content (AvgIpc) is 2.51. The number of amides is 1. The van der Waals surface area contributed by atoms with E-state index in [1.807, 2.05) is 6.92 Å². The van der Waals surface area contributed by atoms with E-state index in [0.29, 0.717) is 21.3 Å². The number of anilines is 1. The predicted molar refractivity (Wildman–Crippen MR) is 90.9 cm³/mol. The van der Waals surface area contributed by atoms with Crippen LogP contribution in [-0.2, 0) is 20.7 Å². The lowest BCUT2D eigenvalue weighted by molar-refractivity contribution is -0.146. The Morgan fingerprint density at radius 1 is 1.09 bits per heavy atom. The molecule has 2 aromatic carbocycles. The lowest BCUT2D eigenvalue weighted by atomic mass is 10.1. The number of benzene rings is 2. The van der Waals surface area contributed by atoms with Gasteiger partial charge in [0.05, 0.1) is 6.42 Å². The lowest BCUT2D eigenvalue weighted by Gasteiger charge is -2.08. The average molecular weight is 352 g/mol. The van der Waals surface area contributed by atoms with Gasteiger partial charge in [-0.3, -0.25) is 9.59 Å². The zero-order valence-corrected chi connectivity index (χ0v) is 13.9. The van der Waals surface area contributed by atoms with Crippen molar-refractivity contribution in [1.82, 2.24) is 0 Å². The van der Waals surface area contributed by atoms with Gasteiger partial charge in [-0.2, -0.15) is 0 Å². The van der Waals surface area contributed by atoms with Gasteiger partial charge in [0.25, 0.3) is 5.91 Å². The van der Waals surface area contributed by atoms with Crippen LogP contribution in [0.4, 0.5) is 5.69 Å². The molecule has 0 bridgehead atoms. The number of carbonyl (C=O) groups excluding carboxylic acids is 2. The summed E-state index contributed by atoms with van der Waals surface area (Å²) < 4.78 is 4.95. The van der Waals surface area contributed by atoms with Crippen LogP contribution in [-0.4, -0.2) is 18.5 Å². The third kappa shape index (κ3) is 5.27. The van der Waals surface area contributed by atoms with Gasteiger partial charge in [0.2, 0.25) is 0 Å². The van der Waals surface area contributed by atoms with E-state index in [2.05, 4.69) is 5.32 Å². The molecule has 0 saturated carbocycles. The third-order valence-electron chi connectivity index (χ3n) is 3.11. The van der Waals surface area contributed by atoms with Crippen LogP contribution in [0.3, 0.4) is 0 Å². The molecule has 23 heavy (non-hydrogen) atoms. The first kappa shape index (κ1) is 17.3. The van der Waals surface area contributed by atoms with Gasteiger partial charge in [-0.15, -0.1) is 0 Å². The minimum Gasteiger partial charge on any atom is -0.455 e. The molecule has 0 heterocycles. The van der Waals surface area contributed by atoms with Crippen molar-refractivity contribution in [2.45, 2.75) is 13.3 Å². The van der Waals surface area contributed by atoms with Gasteiger partial charge in [0.15, 0.2) is 6.61 Å². The summed E-state index contributed by atoms with van der Waals surface area (Å²) in [5.41, 5.74) is 2.12. The van der Waals surface area contributed by atoms with E-state index >= 15 is 0 Å². The minimum atomic E-state index is -0.518. The molecule has 2 aromatic rings. The van der Waals surface area contributed by atoms with E-state index in [9.17, 15) is 9.59 Å². The predicted octanol–water partition coefficient (Wildman–Crippen LogP) is 4.03. The number of ether oxygens (including phenoxy) is 1. The zero-order chi connectivity index (χ0) is 16.8. The van der Waals surface area contributed by atoms with Crippen LogP contribution < -0.4 is 5.32 Å². The van der Waals surface area contributed by atoms with Crippen LogP contribution >= 0.6 is 23.2 Å². The SMILES string of the molecule is Cc1ccc(NC(=O)COC(=O)Cc2ccccc2Cl)cc1Cl. The number of rotatable bonds is 5. The maximum atomic E-state index is 11.8. The highest BCUT2D eigenvalue weighted by molar-refractivity contribution is 6.32. The van der Waals surface area contributed by atoms with E-state index in [0.717, 1.165) is 5.56 Å². The molecule has 0 saturated heterocycles. The summed E-state index contributed by atoms with van der Waals surface area (Å²) >= 11 is 11.9. The highest BCUT2D eigenvalue weighted by Gasteiger charge is 2.11. The summed E-state index contributed by atoms with van der Waals surface area (Å²) in [7, 11) is 0. The third-order valence-corrected chi connectivity index (χ3v) is 3.89. The fraction of sp³-hybridized carbons (Fsp3) is 0.176. The molecule has 4 nitrogen and oxygen atoms in total. The molecule has 0 aliphatic carbocycles. The molecule has 0 radical (unpaired) electrons. The topological polar surface area (TPSA) is 55.4 Å². The van der Waals surface area contributed by atoms with Crippen LogP contribution in [0.1, 0.15) is 11.1 Å². The van der Waals surface area contributed by atoms with Gasteiger partial charge < -0.3 is 10.1 Å². The van der Waals surface area contributed by atoms with Gasteiger partial charge >= 0.3 is 5.97 Å². The van der Waals surface area contributed by atoms with Crippen molar-refractivity contribution in [3.05, 3.63) is 63.6 Å². The Labute approximate surface area is 144 Å². The second-order valence-corrected chi connectivity index (χ2v) is 5.76. The van der Waals surface area contributed by atoms with Crippen molar-refractivity contribution >= 4 is 40.8 Å². The van der Waals surface area contributed by atoms with Crippen LogP contribution in [0.25, 0.3) is 0 Å². The maximum Gasteiger partial charge on any atom is 0.310 e. The summed E-state index contributed by atoms with van der Waals surface area (Å²) in [6.07, 6.45) is 0.0172. The van der Waals surface area contributed by atoms with E-state index in [-0.39, 0.29) is 13.0 Å². The number of hydrogen-bond acceptors (Lipinski definition) is 3. The number of halogens is 2. The van der Waals surface area contributed by atoms with E-state index in [1.54, 1.807) is 42.5 Å². The van der Waals surface area contributed by atoms with Crippen molar-refractivity contribution in [1.29, 1.82) is 0 Å². The van der Waals surface area contributed by atoms with Crippen LogP contribution in [0.2, 0.25) is 10.0 Å². The molecule has 1 amide bonds. The van der Waals surface area contributed by atoms with Gasteiger partial charge in [0.1, 0.15) is 0 Å². The molecular weight excluding hydrogens is 337 g/mol. The molecule has 2 rings (SSSR count). The van der Waals surface area contributed by atoms with Crippen LogP contribution in [0.15, 0.2) is 42.5 Å². The van der Waals surface area contributed by atoms with Gasteiger partial charge in [-0.25, -0.2) is 0 Å². The van der Waals surface area contributed by atoms with Crippen molar-refractivity contribution in [2.24, 2.45) is 0 Å². The Morgan fingerprint density at radius 3 is 2.52 bits per heavy atom. The largest absolute Gasteiger partial charge is 0.455 e. The van der Waals surface area contributed by atoms with Gasteiger partial charge in [-0.05, 0) is 36.2 Å². The fourth-order valence-electron chi connectivity index (χ4n) is 1.86. The Bertz CT molecular complexity index is 732. The zero-order valence-electron chi connectivity index (χ0n) is 12.4. The number of nitrogens with one attached hydrogen (secondary N) is 1. The summed E-state index contributed by atoms with van der Waals surface area (Å²) in [6.45, 7) is 1.50. The Hall–Kier alpha value is -2.04. The van der Waals surface area contributed by atoms with E-state index < -0.39 is 11.9 Å². The molecule has 120 valence electrons. The van der Waals surface area contributed by atoms with Crippen molar-refractivity contribution in [3.8, 4) is 0 Å². The first-order valence-corrected chi connectivity index (χ1v) is 7.66. The molecule has 0 spiro atoms. The van der Waals surface area contributed by atoms with Gasteiger partial charge in [0, 0.05) is 15.7 Å². The molecule has 0 aliphatic heterocycles. The summed E-state index contributed by atoms with van der Waals surface area (Å²) in [4.78, 5) is 23.5. The second-order valence-electron chi connectivity index (χ2n) is 4.94. The van der Waals surface area contributed by atoms with E-state index in [4.69, 9.17) is 27.9 Å². The molecule has 0 atom stereocenters. The molecular formula is C17H15Cl2NO3. The molecule has 0 aliphatic rings. The normalized spacial score (nSPS) is 10.2. The van der Waals surface area contributed by atoms with Crippen molar-refractivity contribution < 1.29 is 14.3 Å². The molecule has 0 fully saturated rings. The number of hydrogen-bond donors (Lipinski definition) is 1. The lowest BCUT2D eigenvalue weighted by Crippen LogP contribution is -2.21. The van der Waals surface area contributed by atoms with Crippen LogP contribution in [0, 0.1) is 6.92 Å². The molecule has 0 aromatic heterocycles. The number of aryl methyl sites for hydroxylation is 1. The Balaban J connectivity index is 1.83. The molecule has 1 N–H and O–H groups in total. The Morgan fingerprint density at radius 2 is 1.83 bits per heavy atom. The smallest absolute Gasteiger partial charge is 0.310 e. The molecule has 0 unspecified atom stereocenters. The van der Waals surface area contributed by atoms with Crippen LogP contribution in [0.5, 0.6) is 0 Å². The number of esters is 1. The maximum absolute atomic E-state index is 11.8. The summed E-state index contributed by atoms with van der Waals surface area (Å²) in [6, 6.07) is 12.1. The molecule has 6 heteroatoms. The second kappa shape index (κ2) is 7.99. The highest BCUT2D eigenvalue weighted by Crippen LogP contribution is 2.20. The highest BCUT2D eigenvalue weighted by atomic mass is 35.5. The Kier molecular flexibility index (Phi) is 6.02. The minimum absolute atomic E-state index is 0.0172. The summed E-state index contributed by atoms with van der Waals surface area (Å²) in [5.74, 6) is -0.951. The quantitative estimate of drug-likeness (QED) is 0.827. The first-order valence-electron chi connectivity index (χ1n) is 6.91. The standard InChI is InChI=1S/C17H15Cl2NO3/c1-11-6-7-13(9-15(11)19)20-16(21)10-23-17(22)8-12-4-2-3-5-14(12)18/h2-7,9H,8,10H2,1H3,(H,20,21). The van der Waals surface area contributed by atoms with Crippen molar-refractivity contribution in [3.63, 3.8) is 0 Å². The monoisotopic (exact) mass is 351 g/mol. The number of carbonyl (C=O) groups is 2. The fourth-order valence-corrected chi connectivity index (χ4v) is 2.25. The van der Waals surface area contributed by atoms with E-state index in [1.165, 1.54) is 0 Å². The van der Waals surface area contributed by atoms with Crippen molar-refractivity contribution in [2.75, 3.05) is 11.9 Å². The first-order chi connectivity index (χ1) is 11.0. The summed E-state index contributed by atoms with van der Waals surface area (Å²) in [5, 5.41) is 3.66. The van der Waals surface area contributed by atoms with Gasteiger partial charge in [-0.1, -0.05) is 47.5 Å².